The predicted octanol–water partition coefficient (Wildman–Crippen LogP) is 4.48. The first-order valence-electron chi connectivity index (χ1n) is 11.7. The topological polar surface area (TPSA) is 88.2 Å². The molecule has 2 heterocycles. The van der Waals surface area contributed by atoms with Crippen LogP contribution in [0.15, 0.2) is 42.0 Å². The number of barbiturate groups is 1. The van der Waals surface area contributed by atoms with Crippen LogP contribution in [-0.4, -0.2) is 44.1 Å². The Morgan fingerprint density at radius 1 is 1.09 bits per heavy atom. The van der Waals surface area contributed by atoms with E-state index in [-0.39, 0.29) is 17.0 Å². The Bertz CT molecular complexity index is 1220. The number of urea groups is 1. The number of benzene rings is 2. The highest BCUT2D eigenvalue weighted by atomic mass is 16.5. The Morgan fingerprint density at radius 3 is 2.37 bits per heavy atom. The van der Waals surface area contributed by atoms with Crippen LogP contribution in [0.1, 0.15) is 51.2 Å². The number of rotatable bonds is 5. The highest BCUT2D eigenvalue weighted by Crippen LogP contribution is 2.46. The summed E-state index contributed by atoms with van der Waals surface area (Å²) >= 11 is 0. The molecule has 1 unspecified atom stereocenters. The number of nitrogens with one attached hydrogen (secondary N) is 1. The maximum Gasteiger partial charge on any atom is 0.335 e. The quantitative estimate of drug-likeness (QED) is 0.505. The minimum Gasteiger partial charge on any atom is -0.497 e. The number of hydrogen-bond acceptors (Lipinski definition) is 6. The molecule has 0 bridgehead atoms. The van der Waals surface area contributed by atoms with E-state index in [1.807, 2.05) is 12.1 Å². The molecule has 0 spiro atoms. The lowest BCUT2D eigenvalue weighted by atomic mass is 9.79. The van der Waals surface area contributed by atoms with Crippen molar-refractivity contribution in [2.75, 3.05) is 30.6 Å². The molecule has 0 saturated carbocycles. The van der Waals surface area contributed by atoms with Crippen molar-refractivity contribution in [3.63, 3.8) is 0 Å². The zero-order chi connectivity index (χ0) is 25.5. The molecular weight excluding hydrogens is 446 g/mol. The first-order valence-corrected chi connectivity index (χ1v) is 11.7. The molecule has 2 aliphatic heterocycles. The van der Waals surface area contributed by atoms with Gasteiger partial charge in [0.05, 0.1) is 19.9 Å². The second-order valence-electron chi connectivity index (χ2n) is 9.47. The number of carbonyl (C=O) groups is 3. The van der Waals surface area contributed by atoms with Crippen molar-refractivity contribution < 1.29 is 23.9 Å². The number of ether oxygens (including phenoxy) is 2. The number of imide groups is 2. The lowest BCUT2D eigenvalue weighted by Gasteiger charge is -2.47. The van der Waals surface area contributed by atoms with Crippen molar-refractivity contribution in [2.45, 2.75) is 45.6 Å². The van der Waals surface area contributed by atoms with Gasteiger partial charge >= 0.3 is 6.03 Å². The Kier molecular flexibility index (Phi) is 6.32. The van der Waals surface area contributed by atoms with Crippen molar-refractivity contribution in [2.24, 2.45) is 0 Å². The predicted molar refractivity (Wildman–Crippen MR) is 135 cm³/mol. The highest BCUT2D eigenvalue weighted by Gasteiger charge is 2.38. The Morgan fingerprint density at radius 2 is 1.77 bits per heavy atom. The van der Waals surface area contributed by atoms with E-state index in [4.69, 9.17) is 9.47 Å². The van der Waals surface area contributed by atoms with Crippen molar-refractivity contribution in [3.05, 3.63) is 53.1 Å². The number of fused-ring (bicyclic) bond motifs is 1. The van der Waals surface area contributed by atoms with Crippen LogP contribution in [0.3, 0.4) is 0 Å². The van der Waals surface area contributed by atoms with Gasteiger partial charge in [0.25, 0.3) is 11.8 Å². The average molecular weight is 478 g/mol. The van der Waals surface area contributed by atoms with E-state index in [1.165, 1.54) is 13.2 Å². The van der Waals surface area contributed by atoms with Crippen LogP contribution in [0.2, 0.25) is 0 Å². The van der Waals surface area contributed by atoms with Gasteiger partial charge < -0.3 is 14.4 Å². The molecule has 0 aliphatic carbocycles. The molecule has 35 heavy (non-hydrogen) atoms. The molecule has 184 valence electrons. The van der Waals surface area contributed by atoms with Gasteiger partial charge in [0.2, 0.25) is 0 Å². The summed E-state index contributed by atoms with van der Waals surface area (Å²) < 4.78 is 10.8. The fourth-order valence-corrected chi connectivity index (χ4v) is 5.19. The molecule has 2 aliphatic rings. The van der Waals surface area contributed by atoms with Crippen molar-refractivity contribution in [3.8, 4) is 11.5 Å². The third kappa shape index (κ3) is 4.24. The molecule has 4 amide bonds. The second-order valence-corrected chi connectivity index (χ2v) is 9.47. The Labute approximate surface area is 205 Å². The summed E-state index contributed by atoms with van der Waals surface area (Å²) in [6.45, 7) is 9.61. The van der Waals surface area contributed by atoms with Gasteiger partial charge in [0, 0.05) is 29.4 Å². The first-order chi connectivity index (χ1) is 16.6. The van der Waals surface area contributed by atoms with Gasteiger partial charge in [-0.3, -0.25) is 14.9 Å². The summed E-state index contributed by atoms with van der Waals surface area (Å²) in [6, 6.07) is 9.63. The van der Waals surface area contributed by atoms with Crippen LogP contribution in [0.4, 0.5) is 16.2 Å². The number of carbonyl (C=O) groups excluding carboxylic acids is 3. The van der Waals surface area contributed by atoms with Gasteiger partial charge in [-0.15, -0.1) is 0 Å². The van der Waals surface area contributed by atoms with Crippen molar-refractivity contribution >= 4 is 35.3 Å². The number of anilines is 2. The van der Waals surface area contributed by atoms with E-state index < -0.39 is 17.8 Å². The summed E-state index contributed by atoms with van der Waals surface area (Å²) in [5.74, 6) is -0.0307. The molecule has 1 N–H and O–H groups in total. The van der Waals surface area contributed by atoms with E-state index in [0.717, 1.165) is 29.1 Å². The first kappa shape index (κ1) is 24.3. The molecule has 1 saturated heterocycles. The van der Waals surface area contributed by atoms with Gasteiger partial charge in [-0.25, -0.2) is 9.69 Å². The molecule has 4 rings (SSSR count). The summed E-state index contributed by atoms with van der Waals surface area (Å²) in [5, 5.41) is 2.27. The van der Waals surface area contributed by atoms with Gasteiger partial charge in [-0.1, -0.05) is 6.92 Å². The summed E-state index contributed by atoms with van der Waals surface area (Å²) in [5.41, 5.74) is 3.00. The van der Waals surface area contributed by atoms with Gasteiger partial charge in [-0.2, -0.15) is 0 Å². The lowest BCUT2D eigenvalue weighted by molar-refractivity contribution is -0.122. The number of hydrogen-bond donors (Lipinski definition) is 1. The number of amides is 4. The van der Waals surface area contributed by atoms with E-state index in [2.05, 4.69) is 37.9 Å². The van der Waals surface area contributed by atoms with Crippen LogP contribution in [0.5, 0.6) is 11.5 Å². The summed E-state index contributed by atoms with van der Waals surface area (Å²) in [4.78, 5) is 41.9. The third-order valence-electron chi connectivity index (χ3n) is 6.79. The summed E-state index contributed by atoms with van der Waals surface area (Å²) in [6.07, 6.45) is 2.47. The van der Waals surface area contributed by atoms with E-state index in [9.17, 15) is 14.4 Å². The number of methoxy groups -OCH3 is 2. The third-order valence-corrected chi connectivity index (χ3v) is 6.79. The molecule has 2 aromatic carbocycles. The summed E-state index contributed by atoms with van der Waals surface area (Å²) in [7, 11) is 3.09. The molecule has 0 aromatic heterocycles. The second kappa shape index (κ2) is 9.09. The molecular formula is C27H31N3O5. The number of nitrogens with zero attached hydrogens (tertiary/aromatic N) is 2. The SMILES string of the molecule is CCN1c2cc(OC)c(/C=C3/C(=O)NC(=O)N(c4ccc(OC)cc4)C3=O)cc2C(C)CC1(C)C. The molecule has 0 radical (unpaired) electrons. The zero-order valence-corrected chi connectivity index (χ0v) is 21.0. The fourth-order valence-electron chi connectivity index (χ4n) is 5.19. The van der Waals surface area contributed by atoms with Gasteiger partial charge in [0.15, 0.2) is 0 Å². The maximum absolute atomic E-state index is 13.3. The maximum atomic E-state index is 13.3. The lowest BCUT2D eigenvalue weighted by Crippen LogP contribution is -2.54. The van der Waals surface area contributed by atoms with Gasteiger partial charge in [-0.05, 0) is 75.1 Å². The molecule has 1 fully saturated rings. The fraction of sp³-hybridized carbons (Fsp3) is 0.370. The van der Waals surface area contributed by atoms with Crippen LogP contribution < -0.4 is 24.6 Å². The van der Waals surface area contributed by atoms with E-state index in [1.54, 1.807) is 31.4 Å². The Hall–Kier alpha value is -3.81. The standard InChI is InChI=1S/C27H31N3O5/c1-7-29-22-14-23(35-6)17(12-20(22)16(2)15-27(29,3)4)13-21-24(31)28-26(33)30(25(21)32)18-8-10-19(34-5)11-9-18/h8-14,16H,7,15H2,1-6H3,(H,28,31,33)/b21-13-. The van der Waals surface area contributed by atoms with Crippen molar-refractivity contribution in [1.29, 1.82) is 0 Å². The minimum absolute atomic E-state index is 0.00932. The molecule has 2 aromatic rings. The highest BCUT2D eigenvalue weighted by molar-refractivity contribution is 6.39. The molecule has 8 nitrogen and oxygen atoms in total. The van der Waals surface area contributed by atoms with Crippen molar-refractivity contribution in [1.82, 2.24) is 5.32 Å². The largest absolute Gasteiger partial charge is 0.497 e. The zero-order valence-electron chi connectivity index (χ0n) is 21.0. The monoisotopic (exact) mass is 477 g/mol. The Balaban J connectivity index is 1.79. The molecule has 8 heteroatoms. The average Bonchev–Trinajstić information content (AvgIpc) is 2.81. The van der Waals surface area contributed by atoms with E-state index in [0.29, 0.717) is 22.7 Å². The minimum atomic E-state index is -0.797. The van der Waals surface area contributed by atoms with Crippen LogP contribution >= 0.6 is 0 Å². The van der Waals surface area contributed by atoms with Crippen LogP contribution in [-0.2, 0) is 9.59 Å². The molecule has 1 atom stereocenters. The van der Waals surface area contributed by atoms with Crippen LogP contribution in [0.25, 0.3) is 6.08 Å². The van der Waals surface area contributed by atoms with Gasteiger partial charge in [0.1, 0.15) is 17.1 Å². The van der Waals surface area contributed by atoms with E-state index >= 15 is 0 Å². The smallest absolute Gasteiger partial charge is 0.335 e. The normalized spacial score (nSPS) is 20.6. The van der Waals surface area contributed by atoms with Crippen LogP contribution in [0, 0.1) is 0 Å².